The van der Waals surface area contributed by atoms with Crippen molar-refractivity contribution >= 4 is 23.5 Å². The van der Waals surface area contributed by atoms with Gasteiger partial charge in [-0.15, -0.1) is 0 Å². The Morgan fingerprint density at radius 1 is 0.976 bits per heavy atom. The molecule has 5 rings (SSSR count). The van der Waals surface area contributed by atoms with Gasteiger partial charge in [0, 0.05) is 37.4 Å². The summed E-state index contributed by atoms with van der Waals surface area (Å²) in [6.45, 7) is 0.0616. The van der Waals surface area contributed by atoms with E-state index in [-0.39, 0.29) is 56.5 Å². The molecule has 3 fully saturated rings. The molecule has 218 valence electrons. The van der Waals surface area contributed by atoms with Gasteiger partial charge < -0.3 is 15.5 Å². The molecule has 2 heterocycles. The number of amides is 3. The van der Waals surface area contributed by atoms with Gasteiger partial charge in [-0.05, 0) is 55.7 Å². The van der Waals surface area contributed by atoms with Crippen molar-refractivity contribution in [2.45, 2.75) is 88.4 Å². The number of carbonyl (C=O) groups is 4. The zero-order valence-corrected chi connectivity index (χ0v) is 22.9. The predicted octanol–water partition coefficient (Wildman–Crippen LogP) is 3.59. The lowest BCUT2D eigenvalue weighted by molar-refractivity contribution is -0.148. The minimum atomic E-state index is -2.75. The molecule has 0 unspecified atom stereocenters. The molecule has 2 saturated carbocycles. The van der Waals surface area contributed by atoms with Crippen LogP contribution in [0.2, 0.25) is 0 Å². The summed E-state index contributed by atoms with van der Waals surface area (Å²) < 4.78 is 27.6. The SMILES string of the molecule is O=C(NCc1ccccn1)C(=O)[C@@H](Cc1ccccc1)NC(=O)[C@H]1C[C@@H]2CCC[C@@H]2N1C(=O)C1CCC(F)(F)CC1. The Balaban J connectivity index is 1.31. The van der Waals surface area contributed by atoms with Gasteiger partial charge in [-0.1, -0.05) is 42.8 Å². The molecule has 2 aromatic rings. The van der Waals surface area contributed by atoms with Gasteiger partial charge in [0.05, 0.1) is 12.2 Å². The standard InChI is InChI=1S/C31H36F2N4O4/c32-31(33)14-12-21(13-15-31)30(41)37-25-11-6-9-22(25)18-26(37)28(39)36-24(17-20-7-2-1-3-8-20)27(38)29(40)35-19-23-10-4-5-16-34-23/h1-5,7-8,10,16,21-22,24-26H,6,9,11-15,17-19H2,(H,35,40)(H,36,39)/t22-,24+,25-,26+/m0/s1. The zero-order chi connectivity index (χ0) is 29.0. The summed E-state index contributed by atoms with van der Waals surface area (Å²) in [5.41, 5.74) is 1.35. The third-order valence-corrected chi connectivity index (χ3v) is 8.76. The first kappa shape index (κ1) is 28.8. The lowest BCUT2D eigenvalue weighted by atomic mass is 9.85. The summed E-state index contributed by atoms with van der Waals surface area (Å²) in [4.78, 5) is 59.4. The topological polar surface area (TPSA) is 108 Å². The van der Waals surface area contributed by atoms with Crippen molar-refractivity contribution in [3.05, 3.63) is 66.0 Å². The maximum atomic E-state index is 13.8. The van der Waals surface area contributed by atoms with Gasteiger partial charge in [-0.3, -0.25) is 24.2 Å². The van der Waals surface area contributed by atoms with Crippen LogP contribution in [0.5, 0.6) is 0 Å². The van der Waals surface area contributed by atoms with Crippen molar-refractivity contribution in [3.8, 4) is 0 Å². The lowest BCUT2D eigenvalue weighted by Crippen LogP contribution is -2.56. The number of halogens is 2. The second kappa shape index (κ2) is 12.4. The van der Waals surface area contributed by atoms with E-state index in [0.29, 0.717) is 12.1 Å². The van der Waals surface area contributed by atoms with E-state index >= 15 is 0 Å². The summed E-state index contributed by atoms with van der Waals surface area (Å²) >= 11 is 0. The molecular weight excluding hydrogens is 530 g/mol. The van der Waals surface area contributed by atoms with Gasteiger partial charge in [0.15, 0.2) is 0 Å². The van der Waals surface area contributed by atoms with Crippen LogP contribution in [0, 0.1) is 11.8 Å². The Bertz CT molecular complexity index is 1250. The van der Waals surface area contributed by atoms with Gasteiger partial charge in [0.2, 0.25) is 23.5 Å². The fourth-order valence-electron chi connectivity index (χ4n) is 6.58. The molecule has 2 aliphatic carbocycles. The molecule has 10 heteroatoms. The van der Waals surface area contributed by atoms with Crippen molar-refractivity contribution in [1.82, 2.24) is 20.5 Å². The van der Waals surface area contributed by atoms with E-state index in [1.807, 2.05) is 30.3 Å². The number of nitrogens with one attached hydrogen (secondary N) is 2. The number of hydrogen-bond donors (Lipinski definition) is 2. The van der Waals surface area contributed by atoms with Crippen molar-refractivity contribution in [3.63, 3.8) is 0 Å². The van der Waals surface area contributed by atoms with E-state index < -0.39 is 41.5 Å². The van der Waals surface area contributed by atoms with Crippen LogP contribution in [-0.4, -0.2) is 57.4 Å². The second-order valence-electron chi connectivity index (χ2n) is 11.5. The number of nitrogens with zero attached hydrogens (tertiary/aromatic N) is 2. The minimum Gasteiger partial charge on any atom is -0.344 e. The maximum Gasteiger partial charge on any atom is 0.289 e. The third-order valence-electron chi connectivity index (χ3n) is 8.76. The zero-order valence-electron chi connectivity index (χ0n) is 22.9. The van der Waals surface area contributed by atoms with Gasteiger partial charge >= 0.3 is 0 Å². The molecule has 2 N–H and O–H groups in total. The Hall–Kier alpha value is -3.69. The number of hydrogen-bond acceptors (Lipinski definition) is 5. The van der Waals surface area contributed by atoms with Crippen LogP contribution in [0.25, 0.3) is 0 Å². The van der Waals surface area contributed by atoms with Crippen molar-refractivity contribution in [2.24, 2.45) is 11.8 Å². The summed E-state index contributed by atoms with van der Waals surface area (Å²) in [5.74, 6) is -5.49. The molecule has 1 aromatic heterocycles. The molecule has 3 amide bonds. The molecule has 3 aliphatic rings. The van der Waals surface area contributed by atoms with Gasteiger partial charge in [0.25, 0.3) is 5.91 Å². The number of ketones is 1. The third kappa shape index (κ3) is 6.80. The number of pyridine rings is 1. The summed E-state index contributed by atoms with van der Waals surface area (Å²) in [5, 5.41) is 5.39. The van der Waals surface area contributed by atoms with Crippen molar-refractivity contribution < 1.29 is 28.0 Å². The molecule has 41 heavy (non-hydrogen) atoms. The maximum absolute atomic E-state index is 13.8. The van der Waals surface area contributed by atoms with Crippen LogP contribution in [0.15, 0.2) is 54.7 Å². The Kier molecular flexibility index (Phi) is 8.75. The van der Waals surface area contributed by atoms with E-state index in [4.69, 9.17) is 0 Å². The highest BCUT2D eigenvalue weighted by Crippen LogP contribution is 2.44. The molecule has 0 spiro atoms. The second-order valence-corrected chi connectivity index (χ2v) is 11.5. The van der Waals surface area contributed by atoms with Crippen LogP contribution in [0.4, 0.5) is 8.78 Å². The van der Waals surface area contributed by atoms with E-state index in [9.17, 15) is 28.0 Å². The Labute approximate surface area is 238 Å². The number of Topliss-reactive ketones (excluding diaryl/α,β-unsaturated/α-hetero) is 1. The number of benzene rings is 1. The van der Waals surface area contributed by atoms with E-state index in [1.54, 1.807) is 29.3 Å². The summed E-state index contributed by atoms with van der Waals surface area (Å²) in [6, 6.07) is 12.3. The first-order valence-corrected chi connectivity index (χ1v) is 14.5. The number of alkyl halides is 2. The van der Waals surface area contributed by atoms with E-state index in [1.165, 1.54) is 0 Å². The highest BCUT2D eigenvalue weighted by atomic mass is 19.3. The van der Waals surface area contributed by atoms with Crippen molar-refractivity contribution in [2.75, 3.05) is 0 Å². The van der Waals surface area contributed by atoms with Crippen molar-refractivity contribution in [1.29, 1.82) is 0 Å². The number of rotatable bonds is 9. The average Bonchev–Trinajstić information content (AvgIpc) is 3.58. The number of fused-ring (bicyclic) bond motifs is 1. The molecule has 8 nitrogen and oxygen atoms in total. The first-order valence-electron chi connectivity index (χ1n) is 14.5. The Morgan fingerprint density at radius 2 is 1.71 bits per heavy atom. The Morgan fingerprint density at radius 3 is 2.41 bits per heavy atom. The normalized spacial score (nSPS) is 24.3. The van der Waals surface area contributed by atoms with Crippen LogP contribution in [-0.2, 0) is 32.1 Å². The van der Waals surface area contributed by atoms with Crippen LogP contribution in [0.3, 0.4) is 0 Å². The highest BCUT2D eigenvalue weighted by Gasteiger charge is 2.51. The molecule has 0 radical (unpaired) electrons. The monoisotopic (exact) mass is 566 g/mol. The quantitative estimate of drug-likeness (QED) is 0.451. The molecule has 1 saturated heterocycles. The smallest absolute Gasteiger partial charge is 0.289 e. The van der Waals surface area contributed by atoms with Gasteiger partial charge in [-0.2, -0.15) is 0 Å². The largest absolute Gasteiger partial charge is 0.344 e. The lowest BCUT2D eigenvalue weighted by Gasteiger charge is -2.35. The number of likely N-dealkylation sites (tertiary alicyclic amines) is 1. The van der Waals surface area contributed by atoms with Crippen LogP contribution >= 0.6 is 0 Å². The summed E-state index contributed by atoms with van der Waals surface area (Å²) in [7, 11) is 0. The molecular formula is C31H36F2N4O4. The molecule has 1 aromatic carbocycles. The average molecular weight is 567 g/mol. The van der Waals surface area contributed by atoms with Crippen LogP contribution < -0.4 is 10.6 Å². The van der Waals surface area contributed by atoms with E-state index in [0.717, 1.165) is 24.8 Å². The minimum absolute atomic E-state index is 0.0616. The fraction of sp³-hybridized carbons (Fsp3) is 0.516. The number of aromatic nitrogens is 1. The van der Waals surface area contributed by atoms with Gasteiger partial charge in [-0.25, -0.2) is 8.78 Å². The highest BCUT2D eigenvalue weighted by molar-refractivity contribution is 6.38. The summed E-state index contributed by atoms with van der Waals surface area (Å²) in [6.07, 6.45) is 4.30. The number of carbonyl (C=O) groups excluding carboxylic acids is 4. The van der Waals surface area contributed by atoms with Crippen LogP contribution in [0.1, 0.15) is 62.6 Å². The van der Waals surface area contributed by atoms with Gasteiger partial charge in [0.1, 0.15) is 12.1 Å². The molecule has 4 atom stereocenters. The van der Waals surface area contributed by atoms with E-state index in [2.05, 4.69) is 15.6 Å². The molecule has 1 aliphatic heterocycles. The first-order chi connectivity index (χ1) is 19.7. The predicted molar refractivity (Wildman–Crippen MR) is 146 cm³/mol. The molecule has 0 bridgehead atoms. The fourth-order valence-corrected chi connectivity index (χ4v) is 6.58.